The van der Waals surface area contributed by atoms with Crippen LogP contribution in [-0.2, 0) is 17.4 Å². The standard InChI is InChI=1S/3C18H37.Cr/c3*1-9-17(8,10-2)14-16(15(6)7)18(11-3,12-4)13-5;/h3*15H,9-14H2,1-8H3;/q3*-1;+3. The van der Waals surface area contributed by atoms with E-state index in [4.69, 9.17) is 0 Å². The van der Waals surface area contributed by atoms with Gasteiger partial charge in [0.2, 0.25) is 0 Å². The number of hydrogen-bond donors (Lipinski definition) is 0. The molecule has 0 spiro atoms. The second-order valence-electron chi connectivity index (χ2n) is 20.1. The fraction of sp³-hybridized carbons (Fsp3) is 0.944. The van der Waals surface area contributed by atoms with Crippen LogP contribution in [0.3, 0.4) is 0 Å². The molecule has 0 amide bonds. The van der Waals surface area contributed by atoms with Gasteiger partial charge in [-0.15, -0.1) is 0 Å². The van der Waals surface area contributed by atoms with Crippen molar-refractivity contribution >= 4 is 0 Å². The van der Waals surface area contributed by atoms with Gasteiger partial charge in [0.1, 0.15) is 0 Å². The summed E-state index contributed by atoms with van der Waals surface area (Å²) in [5, 5.41) is 0. The van der Waals surface area contributed by atoms with E-state index in [0.29, 0.717) is 32.5 Å². The topological polar surface area (TPSA) is 0 Å². The summed E-state index contributed by atoms with van der Waals surface area (Å²) in [4.78, 5) is 0. The van der Waals surface area contributed by atoms with Crippen LogP contribution < -0.4 is 0 Å². The van der Waals surface area contributed by atoms with Crippen LogP contribution in [0, 0.1) is 68.0 Å². The van der Waals surface area contributed by atoms with Crippen LogP contribution in [0.4, 0.5) is 0 Å². The molecule has 333 valence electrons. The van der Waals surface area contributed by atoms with Crippen LogP contribution >= 0.6 is 0 Å². The minimum Gasteiger partial charge on any atom is -0.305 e. The van der Waals surface area contributed by atoms with Crippen LogP contribution in [0.25, 0.3) is 0 Å². The fourth-order valence-corrected chi connectivity index (χ4v) is 10.2. The molecule has 0 aliphatic carbocycles. The molecule has 0 aliphatic heterocycles. The van der Waals surface area contributed by atoms with Crippen molar-refractivity contribution in [3.63, 3.8) is 0 Å². The molecule has 0 aromatic rings. The molecule has 0 atom stereocenters. The Kier molecular flexibility index (Phi) is 33.6. The van der Waals surface area contributed by atoms with Gasteiger partial charge in [0.25, 0.3) is 0 Å². The summed E-state index contributed by atoms with van der Waals surface area (Å²) in [6, 6.07) is 0. The number of hydrogen-bond acceptors (Lipinski definition) is 0. The smallest absolute Gasteiger partial charge is 0.305 e. The Balaban J connectivity index is -0.000000351. The van der Waals surface area contributed by atoms with Crippen molar-refractivity contribution in [2.24, 2.45) is 50.2 Å². The van der Waals surface area contributed by atoms with E-state index in [-0.39, 0.29) is 17.4 Å². The maximum atomic E-state index is 2.47. The molecule has 0 aromatic carbocycles. The van der Waals surface area contributed by atoms with Crippen LogP contribution in [-0.4, -0.2) is 0 Å². The zero-order chi connectivity index (χ0) is 43.2. The van der Waals surface area contributed by atoms with Crippen molar-refractivity contribution in [1.29, 1.82) is 0 Å². The second kappa shape index (κ2) is 29.7. The molecule has 0 aliphatic rings. The van der Waals surface area contributed by atoms with E-state index < -0.39 is 0 Å². The summed E-state index contributed by atoms with van der Waals surface area (Å²) in [6.45, 7) is 57.4. The maximum absolute atomic E-state index is 2.47. The Morgan fingerprint density at radius 2 is 0.400 bits per heavy atom. The van der Waals surface area contributed by atoms with Crippen molar-refractivity contribution in [2.75, 3.05) is 0 Å². The normalized spacial score (nSPS) is 13.4. The van der Waals surface area contributed by atoms with Gasteiger partial charge in [-0.2, -0.15) is 53.3 Å². The molecule has 55 heavy (non-hydrogen) atoms. The minimum absolute atomic E-state index is 0. The molecule has 0 aromatic heterocycles. The van der Waals surface area contributed by atoms with Gasteiger partial charge >= 0.3 is 17.4 Å². The Bertz CT molecular complexity index is 715. The van der Waals surface area contributed by atoms with Crippen molar-refractivity contribution < 1.29 is 17.4 Å². The fourth-order valence-electron chi connectivity index (χ4n) is 10.2. The summed E-state index contributed by atoms with van der Waals surface area (Å²) in [5.41, 5.74) is 2.97. The SMILES string of the molecule is CCC(C)(CC)C[C-](C(C)C)C(CC)(CC)CC.CCC(C)(CC)C[C-](C(C)C)C(CC)(CC)CC.CCC(C)(CC)C[C-](C(C)C)C(CC)(CC)CC.[Cr+3]. The average Bonchev–Trinajstić information content (AvgIpc) is 3.19. The van der Waals surface area contributed by atoms with E-state index in [1.165, 1.54) is 116 Å². The van der Waals surface area contributed by atoms with Crippen molar-refractivity contribution in [1.82, 2.24) is 0 Å². The van der Waals surface area contributed by atoms with Crippen molar-refractivity contribution in [3.8, 4) is 0 Å². The van der Waals surface area contributed by atoms with Gasteiger partial charge in [-0.3, -0.25) is 0 Å². The van der Waals surface area contributed by atoms with Crippen molar-refractivity contribution in [3.05, 3.63) is 17.8 Å². The molecule has 0 saturated heterocycles. The first-order valence-electron chi connectivity index (χ1n) is 24.6. The van der Waals surface area contributed by atoms with Crippen LogP contribution in [0.2, 0.25) is 0 Å². The van der Waals surface area contributed by atoms with Gasteiger partial charge in [-0.25, -0.2) is 0 Å². The molecule has 0 saturated carbocycles. The van der Waals surface area contributed by atoms with E-state index in [9.17, 15) is 0 Å². The summed E-state index contributed by atoms with van der Waals surface area (Å²) in [6.07, 6.45) is 23.5. The molecular weight excluding hydrogens is 701 g/mol. The largest absolute Gasteiger partial charge is 3.00 e. The van der Waals surface area contributed by atoms with Gasteiger partial charge in [0.15, 0.2) is 0 Å². The number of rotatable bonds is 27. The molecule has 0 fully saturated rings. The minimum atomic E-state index is 0. The molecule has 0 heterocycles. The Hall–Kier alpha value is 0.532. The third-order valence-electron chi connectivity index (χ3n) is 17.2. The molecule has 0 rings (SSSR count). The summed E-state index contributed by atoms with van der Waals surface area (Å²) in [5.74, 6) is 7.68. The second-order valence-corrected chi connectivity index (χ2v) is 20.1. The van der Waals surface area contributed by atoms with E-state index in [1.807, 2.05) is 17.8 Å². The monoisotopic (exact) mass is 812 g/mol. The first-order chi connectivity index (χ1) is 25.0. The van der Waals surface area contributed by atoms with E-state index in [1.54, 1.807) is 0 Å². The molecule has 0 bridgehead atoms. The first kappa shape index (κ1) is 62.2. The average molecular weight is 812 g/mol. The van der Waals surface area contributed by atoms with Gasteiger partial charge in [0.05, 0.1) is 0 Å². The first-order valence-corrected chi connectivity index (χ1v) is 24.6. The van der Waals surface area contributed by atoms with E-state index in [2.05, 4.69) is 166 Å². The molecular formula is C54H111Cr. The zero-order valence-corrected chi connectivity index (χ0v) is 44.6. The Morgan fingerprint density at radius 1 is 0.273 bits per heavy atom. The molecule has 0 nitrogen and oxygen atoms in total. The van der Waals surface area contributed by atoms with Gasteiger partial charge < -0.3 is 17.8 Å². The van der Waals surface area contributed by atoms with E-state index >= 15 is 0 Å². The Labute approximate surface area is 365 Å². The molecule has 1 radical (unpaired) electrons. The molecule has 1 heteroatoms. The predicted molar refractivity (Wildman–Crippen MR) is 254 cm³/mol. The van der Waals surface area contributed by atoms with Gasteiger partial charge in [-0.05, 0) is 0 Å². The zero-order valence-electron chi connectivity index (χ0n) is 43.4. The van der Waals surface area contributed by atoms with Gasteiger partial charge in [0, 0.05) is 0 Å². The van der Waals surface area contributed by atoms with Crippen LogP contribution in [0.5, 0.6) is 0 Å². The summed E-state index contributed by atoms with van der Waals surface area (Å²) < 4.78 is 0. The third kappa shape index (κ3) is 18.4. The quantitative estimate of drug-likeness (QED) is 0.0725. The van der Waals surface area contributed by atoms with Gasteiger partial charge in [-0.1, -0.05) is 279 Å². The van der Waals surface area contributed by atoms with Crippen LogP contribution in [0.15, 0.2) is 0 Å². The Morgan fingerprint density at radius 3 is 0.473 bits per heavy atom. The third-order valence-corrected chi connectivity index (χ3v) is 17.2. The maximum Gasteiger partial charge on any atom is 3.00 e. The van der Waals surface area contributed by atoms with Crippen LogP contribution in [0.1, 0.15) is 282 Å². The van der Waals surface area contributed by atoms with E-state index in [0.717, 1.165) is 17.8 Å². The molecule has 0 unspecified atom stereocenters. The summed E-state index contributed by atoms with van der Waals surface area (Å²) in [7, 11) is 0. The predicted octanol–water partition coefficient (Wildman–Crippen LogP) is 19.9. The van der Waals surface area contributed by atoms with Crippen molar-refractivity contribution in [2.45, 2.75) is 282 Å². The molecule has 0 N–H and O–H groups in total. The summed E-state index contributed by atoms with van der Waals surface area (Å²) >= 11 is 0.